The smallest absolute Gasteiger partial charge is 0.352 e. The summed E-state index contributed by atoms with van der Waals surface area (Å²) in [5.41, 5.74) is -2.02. The first kappa shape index (κ1) is 20.0. The van der Waals surface area contributed by atoms with Crippen molar-refractivity contribution >= 4 is 17.4 Å². The standard InChI is InChI=1S/C19H18F5N3O/c20-12-5-6-16(15(21)7-12)27-17-8-14(19(22,23)24)13(10-25-17)18(28)26-9-11-3-1-2-4-11/h5-8,10-11H,1-4,9H2,(H,25,27)(H,26,28). The number of anilines is 2. The Morgan fingerprint density at radius 2 is 1.86 bits per heavy atom. The highest BCUT2D eigenvalue weighted by atomic mass is 19.4. The number of nitrogens with one attached hydrogen (secondary N) is 2. The minimum absolute atomic E-state index is 0.236. The average Bonchev–Trinajstić information content (AvgIpc) is 3.15. The summed E-state index contributed by atoms with van der Waals surface area (Å²) in [6.45, 7) is 0.316. The van der Waals surface area contributed by atoms with Gasteiger partial charge in [-0.25, -0.2) is 13.8 Å². The second-order valence-corrected chi connectivity index (χ2v) is 6.72. The van der Waals surface area contributed by atoms with Crippen LogP contribution in [0, 0.1) is 17.6 Å². The zero-order valence-electron chi connectivity index (χ0n) is 14.7. The average molecular weight is 399 g/mol. The molecule has 2 N–H and O–H groups in total. The molecule has 1 aromatic carbocycles. The van der Waals surface area contributed by atoms with Crippen LogP contribution in [0.5, 0.6) is 0 Å². The summed E-state index contributed by atoms with van der Waals surface area (Å²) in [4.78, 5) is 16.0. The molecular weight excluding hydrogens is 381 g/mol. The highest BCUT2D eigenvalue weighted by molar-refractivity contribution is 5.96. The number of rotatable bonds is 5. The van der Waals surface area contributed by atoms with Gasteiger partial charge in [0.1, 0.15) is 17.5 Å². The van der Waals surface area contributed by atoms with Crippen LogP contribution in [0.3, 0.4) is 0 Å². The van der Waals surface area contributed by atoms with Crippen molar-refractivity contribution in [1.82, 2.24) is 10.3 Å². The number of benzene rings is 1. The Labute approximate surface area is 158 Å². The van der Waals surface area contributed by atoms with Gasteiger partial charge in [-0.2, -0.15) is 13.2 Å². The molecular formula is C19H18F5N3O. The molecule has 150 valence electrons. The van der Waals surface area contributed by atoms with Crippen LogP contribution in [0.1, 0.15) is 41.6 Å². The number of carbonyl (C=O) groups excluding carboxylic acids is 1. The van der Waals surface area contributed by atoms with E-state index in [9.17, 15) is 26.7 Å². The van der Waals surface area contributed by atoms with E-state index >= 15 is 0 Å². The summed E-state index contributed by atoms with van der Waals surface area (Å²) in [6.07, 6.45) is -0.0166. The van der Waals surface area contributed by atoms with Gasteiger partial charge in [-0.1, -0.05) is 12.8 Å². The molecule has 2 aromatic rings. The van der Waals surface area contributed by atoms with Crippen LogP contribution < -0.4 is 10.6 Å². The van der Waals surface area contributed by atoms with E-state index in [0.29, 0.717) is 18.7 Å². The predicted octanol–water partition coefficient (Wildman–Crippen LogP) is 5.04. The van der Waals surface area contributed by atoms with Crippen molar-refractivity contribution in [3.05, 3.63) is 53.2 Å². The van der Waals surface area contributed by atoms with E-state index in [4.69, 9.17) is 0 Å². The normalized spacial score (nSPS) is 14.9. The number of alkyl halides is 3. The van der Waals surface area contributed by atoms with Crippen LogP contribution >= 0.6 is 0 Å². The first-order chi connectivity index (χ1) is 13.2. The van der Waals surface area contributed by atoms with Crippen LogP contribution in [-0.4, -0.2) is 17.4 Å². The monoisotopic (exact) mass is 399 g/mol. The number of hydrogen-bond donors (Lipinski definition) is 2. The van der Waals surface area contributed by atoms with Crippen molar-refractivity contribution in [1.29, 1.82) is 0 Å². The fourth-order valence-corrected chi connectivity index (χ4v) is 3.21. The lowest BCUT2D eigenvalue weighted by molar-refractivity contribution is -0.137. The minimum Gasteiger partial charge on any atom is -0.352 e. The molecule has 0 saturated heterocycles. The maximum Gasteiger partial charge on any atom is 0.417 e. The zero-order chi connectivity index (χ0) is 20.3. The molecule has 0 aliphatic heterocycles. The number of carbonyl (C=O) groups is 1. The van der Waals surface area contributed by atoms with E-state index in [1.54, 1.807) is 0 Å². The molecule has 1 amide bonds. The van der Waals surface area contributed by atoms with Gasteiger partial charge < -0.3 is 10.6 Å². The number of nitrogens with zero attached hydrogens (tertiary/aromatic N) is 1. The van der Waals surface area contributed by atoms with Gasteiger partial charge in [-0.15, -0.1) is 0 Å². The first-order valence-electron chi connectivity index (χ1n) is 8.81. The molecule has 0 spiro atoms. The van der Waals surface area contributed by atoms with E-state index < -0.39 is 34.8 Å². The molecule has 1 aromatic heterocycles. The molecule has 9 heteroatoms. The van der Waals surface area contributed by atoms with Crippen LogP contribution in [0.15, 0.2) is 30.5 Å². The first-order valence-corrected chi connectivity index (χ1v) is 8.81. The van der Waals surface area contributed by atoms with Crippen molar-refractivity contribution in [3.63, 3.8) is 0 Å². The van der Waals surface area contributed by atoms with E-state index in [0.717, 1.165) is 44.0 Å². The summed E-state index contributed by atoms with van der Waals surface area (Å²) in [6, 6.07) is 3.23. The zero-order valence-corrected chi connectivity index (χ0v) is 14.7. The number of aromatic nitrogens is 1. The Kier molecular flexibility index (Phi) is 5.81. The molecule has 4 nitrogen and oxygen atoms in total. The maximum absolute atomic E-state index is 13.7. The van der Waals surface area contributed by atoms with E-state index in [1.807, 2.05) is 0 Å². The van der Waals surface area contributed by atoms with Crippen molar-refractivity contribution in [3.8, 4) is 0 Å². The third-order valence-electron chi connectivity index (χ3n) is 4.67. The highest BCUT2D eigenvalue weighted by Crippen LogP contribution is 2.34. The van der Waals surface area contributed by atoms with E-state index in [2.05, 4.69) is 15.6 Å². The van der Waals surface area contributed by atoms with Gasteiger partial charge in [0.2, 0.25) is 0 Å². The van der Waals surface area contributed by atoms with Gasteiger partial charge in [0.05, 0.1) is 16.8 Å². The fraction of sp³-hybridized carbons (Fsp3) is 0.368. The topological polar surface area (TPSA) is 54.0 Å². The lowest BCUT2D eigenvalue weighted by Crippen LogP contribution is -2.30. The molecule has 1 saturated carbocycles. The second-order valence-electron chi connectivity index (χ2n) is 6.72. The molecule has 1 heterocycles. The Bertz CT molecular complexity index is 863. The molecule has 1 aliphatic carbocycles. The summed E-state index contributed by atoms with van der Waals surface area (Å²) < 4.78 is 67.0. The summed E-state index contributed by atoms with van der Waals surface area (Å²) in [7, 11) is 0. The van der Waals surface area contributed by atoms with Crippen molar-refractivity contribution in [2.24, 2.45) is 5.92 Å². The van der Waals surface area contributed by atoms with Gasteiger partial charge in [-0.3, -0.25) is 4.79 Å². The summed E-state index contributed by atoms with van der Waals surface area (Å²) >= 11 is 0. The Hall–Kier alpha value is -2.71. The lowest BCUT2D eigenvalue weighted by atomic mass is 10.1. The summed E-state index contributed by atoms with van der Waals surface area (Å²) in [5, 5.41) is 4.91. The third-order valence-corrected chi connectivity index (χ3v) is 4.67. The number of amides is 1. The summed E-state index contributed by atoms with van der Waals surface area (Å²) in [5.74, 6) is -2.69. The lowest BCUT2D eigenvalue weighted by Gasteiger charge is -2.16. The van der Waals surface area contributed by atoms with Crippen LogP contribution in [0.25, 0.3) is 0 Å². The Morgan fingerprint density at radius 3 is 2.50 bits per heavy atom. The van der Waals surface area contributed by atoms with Crippen LogP contribution in [-0.2, 0) is 6.18 Å². The molecule has 0 bridgehead atoms. The van der Waals surface area contributed by atoms with E-state index in [-0.39, 0.29) is 17.4 Å². The molecule has 1 fully saturated rings. The molecule has 0 radical (unpaired) electrons. The van der Waals surface area contributed by atoms with E-state index in [1.165, 1.54) is 0 Å². The number of hydrogen-bond acceptors (Lipinski definition) is 3. The Morgan fingerprint density at radius 1 is 1.14 bits per heavy atom. The molecule has 0 unspecified atom stereocenters. The van der Waals surface area contributed by atoms with Gasteiger partial charge in [0.25, 0.3) is 5.91 Å². The number of halogens is 5. The molecule has 3 rings (SSSR count). The third kappa shape index (κ3) is 4.76. The maximum atomic E-state index is 13.7. The quantitative estimate of drug-likeness (QED) is 0.693. The van der Waals surface area contributed by atoms with Gasteiger partial charge in [0, 0.05) is 18.8 Å². The van der Waals surface area contributed by atoms with Crippen LogP contribution in [0.4, 0.5) is 33.5 Å². The van der Waals surface area contributed by atoms with Gasteiger partial charge >= 0.3 is 6.18 Å². The minimum atomic E-state index is -4.80. The largest absolute Gasteiger partial charge is 0.417 e. The van der Waals surface area contributed by atoms with Gasteiger partial charge in [0.15, 0.2) is 0 Å². The van der Waals surface area contributed by atoms with Gasteiger partial charge in [-0.05, 0) is 37.0 Å². The van der Waals surface area contributed by atoms with Crippen molar-refractivity contribution < 1.29 is 26.7 Å². The van der Waals surface area contributed by atoms with Crippen molar-refractivity contribution in [2.75, 3.05) is 11.9 Å². The second kappa shape index (κ2) is 8.12. The predicted molar refractivity (Wildman–Crippen MR) is 93.2 cm³/mol. The number of pyridine rings is 1. The fourth-order valence-electron chi connectivity index (χ4n) is 3.21. The Balaban J connectivity index is 1.82. The molecule has 1 aliphatic rings. The van der Waals surface area contributed by atoms with Crippen LogP contribution in [0.2, 0.25) is 0 Å². The molecule has 0 atom stereocenters. The molecule has 28 heavy (non-hydrogen) atoms. The SMILES string of the molecule is O=C(NCC1CCCC1)c1cnc(Nc2ccc(F)cc2F)cc1C(F)(F)F. The highest BCUT2D eigenvalue weighted by Gasteiger charge is 2.36. The van der Waals surface area contributed by atoms with Crippen molar-refractivity contribution in [2.45, 2.75) is 31.9 Å².